The first-order valence-corrected chi connectivity index (χ1v) is 30.8. The van der Waals surface area contributed by atoms with E-state index in [4.69, 9.17) is 0 Å². The number of fused-ring (bicyclic) bond motifs is 2. The van der Waals surface area contributed by atoms with Crippen molar-refractivity contribution in [2.45, 2.75) is 269 Å². The maximum absolute atomic E-state index is 12.2. The van der Waals surface area contributed by atoms with E-state index in [0.29, 0.717) is 12.8 Å². The topological polar surface area (TPSA) is 114 Å². The second-order valence-electron chi connectivity index (χ2n) is 19.9. The Hall–Kier alpha value is -1.52. The van der Waals surface area contributed by atoms with E-state index in [2.05, 4.69) is 39.8 Å². The Morgan fingerprint density at radius 3 is 0.783 bits per heavy atom. The second kappa shape index (κ2) is 38.1. The Morgan fingerprint density at radius 2 is 0.536 bits per heavy atom. The quantitative estimate of drug-likeness (QED) is 0.0251. The molecule has 0 heterocycles. The van der Waals surface area contributed by atoms with Gasteiger partial charge in [0.1, 0.15) is 20.2 Å². The first-order chi connectivity index (χ1) is 33.0. The number of unbranched alkanes of at least 4 members (excludes halogenated alkanes) is 28. The van der Waals surface area contributed by atoms with Crippen molar-refractivity contribution in [2.75, 3.05) is 0 Å². The van der Waals surface area contributed by atoms with Gasteiger partial charge in [-0.3, -0.25) is 0 Å². The normalized spacial score (nSPS) is 11.8. The Kier molecular flexibility index (Phi) is 35.1. The molecular weight excluding hydrogens is 921 g/mol. The average molecular weight is 1020 g/mol. The van der Waals surface area contributed by atoms with Crippen LogP contribution in [0.25, 0.3) is 21.5 Å². The van der Waals surface area contributed by atoms with Crippen LogP contribution in [0.15, 0.2) is 70.5 Å². The molecule has 0 amide bonds. The number of aryl methyl sites for hydroxylation is 4. The van der Waals surface area contributed by atoms with Crippen LogP contribution in [0, 0.1) is 0 Å². The summed E-state index contributed by atoms with van der Waals surface area (Å²) in [4.78, 5) is 0.0347. The molecule has 9 heteroatoms. The van der Waals surface area contributed by atoms with Crippen molar-refractivity contribution in [1.82, 2.24) is 0 Å². The molecule has 0 aliphatic carbocycles. The maximum Gasteiger partial charge on any atom is 2.00 e. The minimum Gasteiger partial charge on any atom is -0.744 e. The molecule has 4 rings (SSSR count). The molecule has 4 aromatic carbocycles. The van der Waals surface area contributed by atoms with Crippen LogP contribution in [0.1, 0.15) is 255 Å². The zero-order valence-electron chi connectivity index (χ0n) is 44.2. The molecule has 0 aromatic heterocycles. The Bertz CT molecular complexity index is 2030. The van der Waals surface area contributed by atoms with Gasteiger partial charge < -0.3 is 9.11 Å². The zero-order chi connectivity index (χ0) is 49.3. The molecule has 0 unspecified atom stereocenters. The molecule has 0 N–H and O–H groups in total. The molecule has 4 aromatic rings. The average Bonchev–Trinajstić information content (AvgIpc) is 3.32. The summed E-state index contributed by atoms with van der Waals surface area (Å²) in [7, 11) is -9.01. The first-order valence-electron chi connectivity index (χ1n) is 28.0. The number of rotatable bonds is 38. The van der Waals surface area contributed by atoms with Crippen LogP contribution in [-0.2, 0) is 45.9 Å². The number of benzene rings is 4. The molecule has 384 valence electrons. The van der Waals surface area contributed by atoms with Crippen molar-refractivity contribution in [3.8, 4) is 0 Å². The molecule has 0 spiro atoms. The van der Waals surface area contributed by atoms with E-state index in [1.165, 1.54) is 154 Å². The van der Waals surface area contributed by atoms with Crippen LogP contribution in [-0.4, -0.2) is 63.7 Å². The predicted molar refractivity (Wildman–Crippen MR) is 295 cm³/mol. The monoisotopic (exact) mass is 1010 g/mol. The molecule has 0 atom stereocenters. The van der Waals surface area contributed by atoms with Gasteiger partial charge in [-0.05, 0) is 107 Å². The minimum atomic E-state index is -4.50. The summed E-state index contributed by atoms with van der Waals surface area (Å²) < 4.78 is 73.4. The van der Waals surface area contributed by atoms with Crippen molar-refractivity contribution in [2.24, 2.45) is 0 Å². The van der Waals surface area contributed by atoms with Gasteiger partial charge in [0, 0.05) is 0 Å². The molecule has 69 heavy (non-hydrogen) atoms. The number of hydrogen-bond donors (Lipinski definition) is 0. The Labute approximate surface area is 453 Å². The summed E-state index contributed by atoms with van der Waals surface area (Å²) in [5.74, 6) is 0. The molecule has 0 aliphatic rings. The smallest absolute Gasteiger partial charge is 0.744 e. The summed E-state index contributed by atoms with van der Waals surface area (Å²) in [5, 5.41) is 4.15. The third-order valence-corrected chi connectivity index (χ3v) is 15.9. The van der Waals surface area contributed by atoms with Crippen molar-refractivity contribution in [3.63, 3.8) is 0 Å². The van der Waals surface area contributed by atoms with Crippen molar-refractivity contribution >= 4 is 79.5 Å². The molecule has 0 radical (unpaired) electrons. The molecule has 0 aliphatic heterocycles. The largest absolute Gasteiger partial charge is 2.00 e. The van der Waals surface area contributed by atoms with Gasteiger partial charge in [-0.15, -0.1) is 0 Å². The van der Waals surface area contributed by atoms with Gasteiger partial charge in [-0.25, -0.2) is 16.8 Å². The Balaban J connectivity index is 0.000000467. The molecule has 0 saturated carbocycles. The fourth-order valence-electron chi connectivity index (χ4n) is 10.1. The van der Waals surface area contributed by atoms with E-state index in [0.717, 1.165) is 108 Å². The number of hydrogen-bond acceptors (Lipinski definition) is 6. The van der Waals surface area contributed by atoms with Crippen LogP contribution in [0.4, 0.5) is 0 Å². The van der Waals surface area contributed by atoms with Crippen molar-refractivity contribution < 1.29 is 25.9 Å². The van der Waals surface area contributed by atoms with E-state index in [9.17, 15) is 25.9 Å². The van der Waals surface area contributed by atoms with Gasteiger partial charge in [-0.1, -0.05) is 256 Å². The summed E-state index contributed by atoms with van der Waals surface area (Å²) >= 11 is 0. The molecule has 0 saturated heterocycles. The van der Waals surface area contributed by atoms with Gasteiger partial charge in [0.2, 0.25) is 0 Å². The van der Waals surface area contributed by atoms with Gasteiger partial charge in [0.25, 0.3) is 0 Å². The van der Waals surface area contributed by atoms with Crippen LogP contribution in [0.3, 0.4) is 0 Å². The first kappa shape index (κ1) is 63.6. The van der Waals surface area contributed by atoms with Crippen molar-refractivity contribution in [1.29, 1.82) is 0 Å². The predicted octanol–water partition coefficient (Wildman–Crippen LogP) is 17.8. The molecule has 0 bridgehead atoms. The minimum absolute atomic E-state index is 0. The van der Waals surface area contributed by atoms with E-state index in [1.807, 2.05) is 36.4 Å². The molecule has 6 nitrogen and oxygen atoms in total. The Morgan fingerprint density at radius 1 is 0.319 bits per heavy atom. The fraction of sp³-hybridized carbons (Fsp3) is 0.667. The van der Waals surface area contributed by atoms with Crippen molar-refractivity contribution in [3.05, 3.63) is 82.9 Å². The van der Waals surface area contributed by atoms with Gasteiger partial charge in [0.05, 0.1) is 9.79 Å². The maximum atomic E-state index is 12.2. The van der Waals surface area contributed by atoms with Gasteiger partial charge >= 0.3 is 37.7 Å². The third kappa shape index (κ3) is 25.3. The van der Waals surface area contributed by atoms with Gasteiger partial charge in [0.15, 0.2) is 0 Å². The van der Waals surface area contributed by atoms with Crippen LogP contribution in [0.2, 0.25) is 0 Å². The van der Waals surface area contributed by atoms with Crippen LogP contribution < -0.4 is 0 Å². The van der Waals surface area contributed by atoms with E-state index in [1.54, 1.807) is 12.1 Å². The summed E-state index contributed by atoms with van der Waals surface area (Å²) in [6, 6.07) is 19.5. The summed E-state index contributed by atoms with van der Waals surface area (Å²) in [6.45, 7) is 8.93. The zero-order valence-corrected chi connectivity index (χ0v) is 48.0. The van der Waals surface area contributed by atoms with E-state index < -0.39 is 20.2 Å². The molecule has 0 fully saturated rings. The third-order valence-electron chi connectivity index (χ3n) is 14.1. The SMILES string of the molecule is CCCCCCCCCCc1cc(S(=O)(=O)[O-])c(CCCCCCCCCC)c2ccccc12.CCCCCCCCCCc1cc(S(=O)(=O)[O-])c(CCCCCCCCCC)c2ccccc12.[Ca+2]. The van der Waals surface area contributed by atoms with E-state index >= 15 is 0 Å². The second-order valence-corrected chi connectivity index (χ2v) is 22.6. The standard InChI is InChI=1S/2C30H48O3S.Ca/c2*1-3-5-7-9-11-13-15-17-21-26-25-30(34(31,32)33)29(28-23-20-19-22-27(26)28)24-18-16-14-12-10-8-6-4-2;/h2*19-20,22-23,25H,3-18,21,24H2,1-2H3,(H,31,32,33);/q;;+2/p-2. The summed E-state index contributed by atoms with van der Waals surface area (Å²) in [5.41, 5.74) is 3.49. The van der Waals surface area contributed by atoms with Crippen LogP contribution >= 0.6 is 0 Å². The van der Waals surface area contributed by atoms with E-state index in [-0.39, 0.29) is 47.5 Å². The molecular formula is C60H94CaO6S2. The fourth-order valence-corrected chi connectivity index (χ4v) is 11.7. The van der Waals surface area contributed by atoms with Gasteiger partial charge in [-0.2, -0.15) is 0 Å². The summed E-state index contributed by atoms with van der Waals surface area (Å²) in [6.07, 6.45) is 42.0. The van der Waals surface area contributed by atoms with Crippen LogP contribution in [0.5, 0.6) is 0 Å².